The molecule has 0 atom stereocenters. The van der Waals surface area contributed by atoms with Crippen molar-refractivity contribution in [3.05, 3.63) is 247 Å². The first-order chi connectivity index (χ1) is 31.2. The van der Waals surface area contributed by atoms with Gasteiger partial charge in [0.2, 0.25) is 5.78 Å². The summed E-state index contributed by atoms with van der Waals surface area (Å²) >= 11 is 0. The summed E-state index contributed by atoms with van der Waals surface area (Å²) in [5.74, 6) is 2.64. The fraction of sp³-hybridized carbons (Fsp3) is 0.0536. The molecule has 0 N–H and O–H groups in total. The molecule has 0 spiro atoms. The molecule has 5 heterocycles. The van der Waals surface area contributed by atoms with E-state index in [-0.39, 0.29) is 0 Å². The number of nitrogens with zero attached hydrogens (tertiary/aromatic N) is 5. The molecule has 0 unspecified atom stereocenters. The summed E-state index contributed by atoms with van der Waals surface area (Å²) < 4.78 is 12.1. The van der Waals surface area contributed by atoms with Gasteiger partial charge in [0.15, 0.2) is 8.07 Å². The van der Waals surface area contributed by atoms with Gasteiger partial charge in [0.1, 0.15) is 11.5 Å². The van der Waals surface area contributed by atoms with E-state index in [0.717, 1.165) is 67.5 Å². The maximum absolute atomic E-state index is 7.44. The Morgan fingerprint density at radius 1 is 0.476 bits per heavy atom. The zero-order valence-corrected chi connectivity index (χ0v) is 35.4. The molecule has 0 aliphatic carbocycles. The minimum atomic E-state index is -3.25. The van der Waals surface area contributed by atoms with Crippen LogP contribution in [0.4, 0.5) is 0 Å². The van der Waals surface area contributed by atoms with Crippen LogP contribution < -0.4 is 25.5 Å². The molecule has 7 aromatic carbocycles. The number of aromatic nitrogens is 5. The number of fused-ring (bicyclic) bond motifs is 7. The Hall–Kier alpha value is -7.87. The Kier molecular flexibility index (Phi) is 8.76. The zero-order chi connectivity index (χ0) is 41.8. The quantitative estimate of drug-likeness (QED) is 0.108. The van der Waals surface area contributed by atoms with Gasteiger partial charge in [-0.15, -0.1) is 0 Å². The van der Waals surface area contributed by atoms with Crippen LogP contribution in [0.1, 0.15) is 22.5 Å². The summed E-state index contributed by atoms with van der Waals surface area (Å²) in [7, 11) is -3.25. The molecule has 0 fully saturated rings. The molecule has 4 aromatic heterocycles. The maximum Gasteiger partial charge on any atom is 0.220 e. The third-order valence-corrected chi connectivity index (χ3v) is 17.8. The molecule has 63 heavy (non-hydrogen) atoms. The van der Waals surface area contributed by atoms with Crippen LogP contribution in [-0.4, -0.2) is 32.0 Å². The first kappa shape index (κ1) is 36.9. The molecular formula is C56H41N5OSi. The lowest BCUT2D eigenvalue weighted by Crippen LogP contribution is -2.75. The van der Waals surface area contributed by atoms with Gasteiger partial charge < -0.3 is 4.74 Å². The van der Waals surface area contributed by atoms with Crippen molar-refractivity contribution in [2.75, 3.05) is 0 Å². The number of hydrogen-bond donors (Lipinski definition) is 0. The average molecular weight is 828 g/mol. The van der Waals surface area contributed by atoms with Crippen molar-refractivity contribution in [2.45, 2.75) is 18.3 Å². The summed E-state index contributed by atoms with van der Waals surface area (Å²) in [5.41, 5.74) is 9.06. The van der Waals surface area contributed by atoms with Crippen LogP contribution in [0.2, 0.25) is 0 Å². The van der Waals surface area contributed by atoms with Gasteiger partial charge in [-0.1, -0.05) is 146 Å². The fourth-order valence-electron chi connectivity index (χ4n) is 10.4. The van der Waals surface area contributed by atoms with Crippen molar-refractivity contribution in [3.8, 4) is 17.2 Å². The lowest BCUT2D eigenvalue weighted by atomic mass is 9.66. The van der Waals surface area contributed by atoms with E-state index in [1.54, 1.807) is 0 Å². The van der Waals surface area contributed by atoms with Crippen molar-refractivity contribution >= 4 is 56.7 Å². The number of hydrogen-bond acceptors (Lipinski definition) is 4. The van der Waals surface area contributed by atoms with Crippen molar-refractivity contribution in [2.24, 2.45) is 0 Å². The molecule has 6 nitrogen and oxygen atoms in total. The smallest absolute Gasteiger partial charge is 0.220 e. The van der Waals surface area contributed by atoms with Crippen LogP contribution >= 0.6 is 0 Å². The highest BCUT2D eigenvalue weighted by molar-refractivity contribution is 7.20. The third-order valence-electron chi connectivity index (χ3n) is 13.0. The Labute approximate surface area is 366 Å². The fourth-order valence-corrected chi connectivity index (χ4v) is 15.3. The van der Waals surface area contributed by atoms with E-state index >= 15 is 0 Å². The summed E-state index contributed by atoms with van der Waals surface area (Å²) in [6.45, 7) is 0. The van der Waals surface area contributed by atoms with E-state index in [1.165, 1.54) is 20.7 Å². The Morgan fingerprint density at radius 2 is 1.05 bits per heavy atom. The molecule has 12 rings (SSSR count). The Bertz CT molecular complexity index is 3360. The van der Waals surface area contributed by atoms with Gasteiger partial charge in [0, 0.05) is 58.9 Å². The van der Waals surface area contributed by atoms with Crippen molar-refractivity contribution in [1.82, 2.24) is 23.9 Å². The third kappa shape index (κ3) is 5.81. The molecule has 1 aliphatic rings. The number of pyridine rings is 2. The zero-order valence-electron chi connectivity index (χ0n) is 34.4. The highest BCUT2D eigenvalue weighted by Gasteiger charge is 2.49. The van der Waals surface area contributed by atoms with Crippen LogP contribution in [0.25, 0.3) is 33.5 Å². The summed E-state index contributed by atoms with van der Waals surface area (Å²) in [4.78, 5) is 15.2. The van der Waals surface area contributed by atoms with Gasteiger partial charge in [-0.2, -0.15) is 0 Å². The van der Waals surface area contributed by atoms with E-state index in [1.807, 2.05) is 24.5 Å². The maximum atomic E-state index is 7.44. The van der Waals surface area contributed by atoms with Crippen LogP contribution in [0.5, 0.6) is 11.5 Å². The minimum Gasteiger partial charge on any atom is -0.457 e. The van der Waals surface area contributed by atoms with Gasteiger partial charge in [0.05, 0.1) is 22.1 Å². The Morgan fingerprint density at radius 3 is 1.75 bits per heavy atom. The molecule has 0 bridgehead atoms. The monoisotopic (exact) mass is 827 g/mol. The van der Waals surface area contributed by atoms with Gasteiger partial charge in [-0.3, -0.25) is 18.9 Å². The van der Waals surface area contributed by atoms with E-state index < -0.39 is 13.5 Å². The van der Waals surface area contributed by atoms with E-state index in [2.05, 4.69) is 209 Å². The second-order valence-corrected chi connectivity index (χ2v) is 20.2. The van der Waals surface area contributed by atoms with E-state index in [4.69, 9.17) is 19.7 Å². The molecular weight excluding hydrogens is 787 g/mol. The van der Waals surface area contributed by atoms with E-state index in [0.29, 0.717) is 12.8 Å². The minimum absolute atomic E-state index is 0.559. The molecule has 0 amide bonds. The number of para-hydroxylation sites is 6. The summed E-state index contributed by atoms with van der Waals surface area (Å²) in [6, 6.07) is 76.4. The standard InChI is InChI=1S/C56H41N5OSi/c1-3-22-43(23-4-1)63(44-24-5-2-6-25-44,45-26-17-21-42(37-45)60-50-31-10-11-32-51(50)61-49-30-9-8-29-48(49)59-55(60)61)53-34-18-28-47-54(53)62-52-33-12-7-27-46(52)56(47,38-40-19-13-15-35-57-40)39-41-20-14-16-36-58-41/h1-37H,38-39H2. The van der Waals surface area contributed by atoms with E-state index in [9.17, 15) is 0 Å². The summed E-state index contributed by atoms with van der Waals surface area (Å²) in [5, 5.41) is 4.95. The molecule has 7 heteroatoms. The van der Waals surface area contributed by atoms with Crippen LogP contribution in [-0.2, 0) is 18.3 Å². The van der Waals surface area contributed by atoms with Gasteiger partial charge in [-0.05, 0) is 87.5 Å². The topological polar surface area (TPSA) is 57.2 Å². The van der Waals surface area contributed by atoms with Crippen LogP contribution in [0, 0.1) is 0 Å². The molecule has 300 valence electrons. The predicted molar refractivity (Wildman–Crippen MR) is 256 cm³/mol. The highest BCUT2D eigenvalue weighted by atomic mass is 28.3. The van der Waals surface area contributed by atoms with Crippen molar-refractivity contribution < 1.29 is 4.74 Å². The number of ether oxygens (including phenoxy) is 1. The normalized spacial score (nSPS) is 13.1. The molecule has 1 aliphatic heterocycles. The molecule has 0 radical (unpaired) electrons. The molecule has 0 saturated carbocycles. The van der Waals surface area contributed by atoms with Crippen molar-refractivity contribution in [1.29, 1.82) is 0 Å². The second kappa shape index (κ2) is 14.9. The highest BCUT2D eigenvalue weighted by Crippen LogP contribution is 2.51. The number of rotatable bonds is 9. The SMILES string of the molecule is c1ccc([Si](c2ccccc2)(c2cccc(-n3c4ccccc4n4c5ccccc5nc34)c2)c2cccc3c2Oc2ccccc2C3(Cc2ccccn2)Cc2ccccn2)cc1. The van der Waals surface area contributed by atoms with Gasteiger partial charge in [-0.25, -0.2) is 4.98 Å². The predicted octanol–water partition coefficient (Wildman–Crippen LogP) is 9.48. The lowest BCUT2D eigenvalue weighted by molar-refractivity contribution is 0.384. The van der Waals surface area contributed by atoms with Crippen LogP contribution in [0.15, 0.2) is 225 Å². The number of imidazole rings is 2. The first-order valence-corrected chi connectivity index (χ1v) is 23.5. The lowest BCUT2D eigenvalue weighted by Gasteiger charge is -2.43. The largest absolute Gasteiger partial charge is 0.457 e. The number of benzene rings is 7. The van der Waals surface area contributed by atoms with Crippen LogP contribution in [0.3, 0.4) is 0 Å². The summed E-state index contributed by atoms with van der Waals surface area (Å²) in [6.07, 6.45) is 5.13. The Balaban J connectivity index is 1.17. The molecule has 11 aromatic rings. The molecule has 0 saturated heterocycles. The second-order valence-electron chi connectivity index (χ2n) is 16.5. The van der Waals surface area contributed by atoms with Gasteiger partial charge >= 0.3 is 0 Å². The van der Waals surface area contributed by atoms with Crippen molar-refractivity contribution in [3.63, 3.8) is 0 Å². The first-order valence-electron chi connectivity index (χ1n) is 21.5. The average Bonchev–Trinajstić information content (AvgIpc) is 3.88. The van der Waals surface area contributed by atoms with Gasteiger partial charge in [0.25, 0.3) is 0 Å².